The minimum absolute atomic E-state index is 0.154. The number of nitrogens with zero attached hydrogens (tertiary/aromatic N) is 3. The number of hydrogen-bond donors (Lipinski definition) is 0. The van der Waals surface area contributed by atoms with Crippen molar-refractivity contribution in [1.82, 2.24) is 13.7 Å². The topological polar surface area (TPSA) is 145 Å². The van der Waals surface area contributed by atoms with Crippen molar-refractivity contribution in [2.24, 2.45) is 0 Å². The minimum atomic E-state index is -1.11. The Bertz CT molecular complexity index is 742. The maximum atomic E-state index is 12.8. The Kier molecular flexibility index (Phi) is 10.8. The zero-order valence-electron chi connectivity index (χ0n) is 17.2. The standard InChI is InChI=1S/C18H27N3O9/c1-4-28-13(10-22)7-19-16(25)20(8-14(11-23)29-5-2)18(27)21(17(19)26)9-15(12-24)30-6-3/h10-15H,4-9H2,1-3H3. The van der Waals surface area contributed by atoms with Gasteiger partial charge in [-0.05, 0) is 20.8 Å². The molecule has 3 atom stereocenters. The van der Waals surface area contributed by atoms with Crippen LogP contribution in [0.25, 0.3) is 0 Å². The Balaban J connectivity index is 3.62. The van der Waals surface area contributed by atoms with Gasteiger partial charge in [-0.2, -0.15) is 0 Å². The lowest BCUT2D eigenvalue weighted by atomic mass is 10.3. The van der Waals surface area contributed by atoms with Crippen LogP contribution in [-0.2, 0) is 48.2 Å². The van der Waals surface area contributed by atoms with E-state index in [1.807, 2.05) is 0 Å². The number of hydrogen-bond acceptors (Lipinski definition) is 9. The molecule has 1 heterocycles. The van der Waals surface area contributed by atoms with E-state index >= 15 is 0 Å². The van der Waals surface area contributed by atoms with Gasteiger partial charge in [0.15, 0.2) is 18.9 Å². The van der Waals surface area contributed by atoms with Crippen molar-refractivity contribution in [3.8, 4) is 0 Å². The Morgan fingerprint density at radius 2 is 0.833 bits per heavy atom. The van der Waals surface area contributed by atoms with Crippen molar-refractivity contribution >= 4 is 18.9 Å². The lowest BCUT2D eigenvalue weighted by molar-refractivity contribution is -0.118. The molecule has 0 fully saturated rings. The monoisotopic (exact) mass is 429 g/mol. The highest BCUT2D eigenvalue weighted by Crippen LogP contribution is 1.95. The lowest BCUT2D eigenvalue weighted by Gasteiger charge is -2.19. The van der Waals surface area contributed by atoms with Crippen molar-refractivity contribution in [1.29, 1.82) is 0 Å². The van der Waals surface area contributed by atoms with Gasteiger partial charge in [-0.1, -0.05) is 0 Å². The first kappa shape index (κ1) is 25.3. The van der Waals surface area contributed by atoms with Gasteiger partial charge in [-0.25, -0.2) is 28.1 Å². The van der Waals surface area contributed by atoms with E-state index in [2.05, 4.69) is 0 Å². The van der Waals surface area contributed by atoms with Gasteiger partial charge in [0.05, 0.1) is 19.6 Å². The molecule has 0 saturated heterocycles. The van der Waals surface area contributed by atoms with Crippen LogP contribution in [0.5, 0.6) is 0 Å². The molecule has 0 aliphatic heterocycles. The third kappa shape index (κ3) is 6.40. The molecule has 0 aliphatic carbocycles. The average molecular weight is 429 g/mol. The molecule has 0 amide bonds. The molecule has 1 aromatic heterocycles. The van der Waals surface area contributed by atoms with Gasteiger partial charge in [0, 0.05) is 19.8 Å². The first-order chi connectivity index (χ1) is 14.4. The van der Waals surface area contributed by atoms with Gasteiger partial charge in [-0.15, -0.1) is 0 Å². The van der Waals surface area contributed by atoms with Crippen LogP contribution in [0.2, 0.25) is 0 Å². The fraction of sp³-hybridized carbons (Fsp3) is 0.667. The third-order valence-corrected chi connectivity index (χ3v) is 4.07. The molecule has 12 nitrogen and oxygen atoms in total. The predicted octanol–water partition coefficient (Wildman–Crippen LogP) is -2.02. The number of aldehydes is 3. The summed E-state index contributed by atoms with van der Waals surface area (Å²) in [7, 11) is 0. The summed E-state index contributed by atoms with van der Waals surface area (Å²) in [6.07, 6.45) is -2.04. The summed E-state index contributed by atoms with van der Waals surface area (Å²) >= 11 is 0. The summed E-state index contributed by atoms with van der Waals surface area (Å²) in [5.74, 6) is 0. The third-order valence-electron chi connectivity index (χ3n) is 4.07. The Morgan fingerprint density at radius 3 is 1.00 bits per heavy atom. The van der Waals surface area contributed by atoms with Gasteiger partial charge in [-0.3, -0.25) is 0 Å². The summed E-state index contributed by atoms with van der Waals surface area (Å²) in [5.41, 5.74) is -3.09. The number of aromatic nitrogens is 3. The van der Waals surface area contributed by atoms with Crippen molar-refractivity contribution in [3.63, 3.8) is 0 Å². The SMILES string of the molecule is CCOC(C=O)Cn1c(=O)n(CC(C=O)OCC)c(=O)n(CC(C=O)OCC)c1=O. The van der Waals surface area contributed by atoms with E-state index < -0.39 is 55.0 Å². The summed E-state index contributed by atoms with van der Waals surface area (Å²) in [6.45, 7) is 4.01. The zero-order chi connectivity index (χ0) is 22.7. The van der Waals surface area contributed by atoms with Crippen molar-refractivity contribution < 1.29 is 28.6 Å². The summed E-state index contributed by atoms with van der Waals surface area (Å²) in [4.78, 5) is 72.2. The fourth-order valence-corrected chi connectivity index (χ4v) is 2.74. The smallest absolute Gasteiger partial charge is 0.336 e. The molecule has 3 unspecified atom stereocenters. The molecule has 1 rings (SSSR count). The largest absolute Gasteiger partial charge is 0.369 e. The van der Waals surface area contributed by atoms with Crippen LogP contribution in [0, 0.1) is 0 Å². The summed E-state index contributed by atoms with van der Waals surface area (Å²) < 4.78 is 17.5. The molecule has 0 bridgehead atoms. The van der Waals surface area contributed by atoms with E-state index in [1.54, 1.807) is 20.8 Å². The van der Waals surface area contributed by atoms with Crippen LogP contribution < -0.4 is 17.1 Å². The van der Waals surface area contributed by atoms with E-state index in [1.165, 1.54) is 0 Å². The first-order valence-electron chi connectivity index (χ1n) is 9.53. The van der Waals surface area contributed by atoms with Gasteiger partial charge in [0.25, 0.3) is 0 Å². The molecule has 0 spiro atoms. The summed E-state index contributed by atoms with van der Waals surface area (Å²) in [5, 5.41) is 0. The Hall–Kier alpha value is -2.70. The normalized spacial score (nSPS) is 14.1. The number of rotatable bonds is 15. The maximum absolute atomic E-state index is 12.8. The molecule has 0 aromatic carbocycles. The second-order valence-electron chi connectivity index (χ2n) is 6.07. The molecule has 0 radical (unpaired) electrons. The van der Waals surface area contributed by atoms with E-state index in [0.29, 0.717) is 32.6 Å². The highest BCUT2D eigenvalue weighted by molar-refractivity contribution is 5.56. The summed E-state index contributed by atoms with van der Waals surface area (Å²) in [6, 6.07) is 0. The minimum Gasteiger partial charge on any atom is -0.369 e. The Morgan fingerprint density at radius 1 is 0.600 bits per heavy atom. The second kappa shape index (κ2) is 12.8. The molecule has 12 heteroatoms. The first-order valence-corrected chi connectivity index (χ1v) is 9.53. The second-order valence-corrected chi connectivity index (χ2v) is 6.07. The van der Waals surface area contributed by atoms with Crippen molar-refractivity contribution in [3.05, 3.63) is 31.5 Å². The van der Waals surface area contributed by atoms with Gasteiger partial charge < -0.3 is 28.6 Å². The number of carbonyl (C=O) groups is 3. The van der Waals surface area contributed by atoms with Crippen LogP contribution in [0.15, 0.2) is 14.4 Å². The van der Waals surface area contributed by atoms with E-state index in [4.69, 9.17) is 14.2 Å². The van der Waals surface area contributed by atoms with Crippen LogP contribution in [-0.4, -0.2) is 70.7 Å². The molecule has 30 heavy (non-hydrogen) atoms. The highest BCUT2D eigenvalue weighted by Gasteiger charge is 2.23. The van der Waals surface area contributed by atoms with Gasteiger partial charge in [0.1, 0.15) is 18.3 Å². The van der Waals surface area contributed by atoms with Gasteiger partial charge >= 0.3 is 17.1 Å². The van der Waals surface area contributed by atoms with Crippen molar-refractivity contribution in [2.75, 3.05) is 19.8 Å². The molecule has 0 N–H and O–H groups in total. The van der Waals surface area contributed by atoms with E-state index in [9.17, 15) is 28.8 Å². The molecule has 1 aromatic rings. The van der Waals surface area contributed by atoms with E-state index in [-0.39, 0.29) is 19.8 Å². The van der Waals surface area contributed by atoms with Crippen LogP contribution in [0.1, 0.15) is 20.8 Å². The number of ether oxygens (including phenoxy) is 3. The fourth-order valence-electron chi connectivity index (χ4n) is 2.74. The highest BCUT2D eigenvalue weighted by atomic mass is 16.5. The van der Waals surface area contributed by atoms with Gasteiger partial charge in [0.2, 0.25) is 0 Å². The van der Waals surface area contributed by atoms with E-state index in [0.717, 1.165) is 0 Å². The molecular weight excluding hydrogens is 402 g/mol. The molecule has 0 aliphatic rings. The zero-order valence-corrected chi connectivity index (χ0v) is 17.2. The number of carbonyl (C=O) groups excluding carboxylic acids is 3. The average Bonchev–Trinajstić information content (AvgIpc) is 2.74. The molecular formula is C18H27N3O9. The molecule has 168 valence electrons. The predicted molar refractivity (Wildman–Crippen MR) is 104 cm³/mol. The lowest BCUT2D eigenvalue weighted by Crippen LogP contribution is -2.57. The quantitative estimate of drug-likeness (QED) is 0.289. The Labute approximate surface area is 172 Å². The van der Waals surface area contributed by atoms with Crippen LogP contribution >= 0.6 is 0 Å². The van der Waals surface area contributed by atoms with Crippen molar-refractivity contribution in [2.45, 2.75) is 58.7 Å². The van der Waals surface area contributed by atoms with Crippen LogP contribution in [0.3, 0.4) is 0 Å². The molecule has 0 saturated carbocycles. The van der Waals surface area contributed by atoms with Crippen LogP contribution in [0.4, 0.5) is 0 Å². The maximum Gasteiger partial charge on any atom is 0.336 e.